The van der Waals surface area contributed by atoms with Crippen LogP contribution in [0.3, 0.4) is 0 Å². The Morgan fingerprint density at radius 1 is 1.39 bits per heavy atom. The molecule has 18 heavy (non-hydrogen) atoms. The van der Waals surface area contributed by atoms with Crippen LogP contribution >= 0.6 is 0 Å². The molecule has 1 heterocycles. The van der Waals surface area contributed by atoms with Crippen LogP contribution < -0.4 is 10.1 Å². The highest BCUT2D eigenvalue weighted by molar-refractivity contribution is 5.85. The standard InChI is InChI=1S/C14H17NO3/c1-14(2,3)18-13(16)15-11-7-6-10-5-4-8-17-12(10)9-11/h4-7,9H,8H2,1-3H3,(H,15,16). The Morgan fingerprint density at radius 3 is 2.89 bits per heavy atom. The van der Waals surface area contributed by atoms with Crippen molar-refractivity contribution in [3.8, 4) is 5.75 Å². The predicted octanol–water partition coefficient (Wildman–Crippen LogP) is 3.44. The average molecular weight is 247 g/mol. The van der Waals surface area contributed by atoms with Crippen LogP contribution in [0, 0.1) is 0 Å². The van der Waals surface area contributed by atoms with E-state index in [4.69, 9.17) is 9.47 Å². The second-order valence-electron chi connectivity index (χ2n) is 5.09. The van der Waals surface area contributed by atoms with E-state index in [0.717, 1.165) is 11.3 Å². The summed E-state index contributed by atoms with van der Waals surface area (Å²) in [6, 6.07) is 5.52. The molecular formula is C14H17NO3. The van der Waals surface area contributed by atoms with Crippen LogP contribution in [-0.2, 0) is 4.74 Å². The van der Waals surface area contributed by atoms with E-state index >= 15 is 0 Å². The van der Waals surface area contributed by atoms with Crippen molar-refractivity contribution in [2.75, 3.05) is 11.9 Å². The van der Waals surface area contributed by atoms with E-state index in [1.165, 1.54) is 0 Å². The van der Waals surface area contributed by atoms with Crippen LogP contribution in [0.25, 0.3) is 6.08 Å². The Labute approximate surface area is 107 Å². The summed E-state index contributed by atoms with van der Waals surface area (Å²) in [5.41, 5.74) is 1.17. The molecule has 1 amide bonds. The molecule has 0 aliphatic carbocycles. The van der Waals surface area contributed by atoms with Gasteiger partial charge in [-0.05, 0) is 39.0 Å². The quantitative estimate of drug-likeness (QED) is 0.827. The van der Waals surface area contributed by atoms with Gasteiger partial charge in [-0.25, -0.2) is 4.79 Å². The molecule has 0 saturated carbocycles. The SMILES string of the molecule is CC(C)(C)OC(=O)Nc1ccc2c(c1)OCC=C2. The highest BCUT2D eigenvalue weighted by Gasteiger charge is 2.16. The molecule has 0 aromatic heterocycles. The molecule has 4 nitrogen and oxygen atoms in total. The number of anilines is 1. The Bertz CT molecular complexity index is 486. The number of rotatable bonds is 1. The first-order valence-electron chi connectivity index (χ1n) is 5.87. The first-order chi connectivity index (χ1) is 8.44. The summed E-state index contributed by atoms with van der Waals surface area (Å²) in [6.07, 6.45) is 3.48. The molecule has 0 radical (unpaired) electrons. The van der Waals surface area contributed by atoms with Gasteiger partial charge in [0.2, 0.25) is 0 Å². The van der Waals surface area contributed by atoms with Crippen molar-refractivity contribution in [2.24, 2.45) is 0 Å². The Kier molecular flexibility index (Phi) is 3.28. The van der Waals surface area contributed by atoms with Gasteiger partial charge in [0.25, 0.3) is 0 Å². The van der Waals surface area contributed by atoms with Gasteiger partial charge in [0.15, 0.2) is 0 Å². The lowest BCUT2D eigenvalue weighted by Gasteiger charge is -2.20. The molecule has 0 fully saturated rings. The van der Waals surface area contributed by atoms with Gasteiger partial charge in [-0.3, -0.25) is 5.32 Å². The lowest BCUT2D eigenvalue weighted by molar-refractivity contribution is 0.0636. The summed E-state index contributed by atoms with van der Waals surface area (Å²) in [4.78, 5) is 11.6. The van der Waals surface area contributed by atoms with E-state index in [-0.39, 0.29) is 0 Å². The fraction of sp³-hybridized carbons (Fsp3) is 0.357. The van der Waals surface area contributed by atoms with E-state index in [0.29, 0.717) is 12.3 Å². The number of benzene rings is 1. The molecule has 96 valence electrons. The number of hydrogen-bond acceptors (Lipinski definition) is 3. The van der Waals surface area contributed by atoms with Gasteiger partial charge in [-0.2, -0.15) is 0 Å². The van der Waals surface area contributed by atoms with Crippen LogP contribution in [0.2, 0.25) is 0 Å². The molecule has 0 saturated heterocycles. The second-order valence-corrected chi connectivity index (χ2v) is 5.09. The molecule has 4 heteroatoms. The van der Waals surface area contributed by atoms with Crippen LogP contribution in [0.1, 0.15) is 26.3 Å². The van der Waals surface area contributed by atoms with Crippen molar-refractivity contribution in [2.45, 2.75) is 26.4 Å². The molecule has 2 rings (SSSR count). The van der Waals surface area contributed by atoms with Crippen molar-refractivity contribution >= 4 is 17.9 Å². The molecule has 0 spiro atoms. The van der Waals surface area contributed by atoms with E-state index < -0.39 is 11.7 Å². The zero-order valence-corrected chi connectivity index (χ0v) is 10.8. The molecule has 0 atom stereocenters. The molecule has 1 aromatic carbocycles. The Hall–Kier alpha value is -1.97. The van der Waals surface area contributed by atoms with Crippen LogP contribution in [-0.4, -0.2) is 18.3 Å². The molecule has 1 aromatic rings. The number of hydrogen-bond donors (Lipinski definition) is 1. The number of carbonyl (C=O) groups is 1. The third kappa shape index (κ3) is 3.26. The van der Waals surface area contributed by atoms with Gasteiger partial charge in [0.1, 0.15) is 18.0 Å². The Balaban J connectivity index is 2.06. The van der Waals surface area contributed by atoms with Crippen LogP contribution in [0.15, 0.2) is 24.3 Å². The minimum absolute atomic E-state index is 0.464. The van der Waals surface area contributed by atoms with Crippen molar-refractivity contribution in [1.82, 2.24) is 0 Å². The predicted molar refractivity (Wildman–Crippen MR) is 70.8 cm³/mol. The van der Waals surface area contributed by atoms with Gasteiger partial charge < -0.3 is 9.47 Å². The summed E-state index contributed by atoms with van der Waals surface area (Å²) in [5.74, 6) is 0.769. The van der Waals surface area contributed by atoms with Crippen LogP contribution in [0.5, 0.6) is 5.75 Å². The summed E-state index contributed by atoms with van der Waals surface area (Å²) < 4.78 is 10.6. The number of nitrogens with one attached hydrogen (secondary N) is 1. The van der Waals surface area contributed by atoms with Gasteiger partial charge in [0.05, 0.1) is 0 Å². The largest absolute Gasteiger partial charge is 0.489 e. The third-order valence-corrected chi connectivity index (χ3v) is 2.29. The number of fused-ring (bicyclic) bond motifs is 1. The first kappa shape index (κ1) is 12.5. The maximum absolute atomic E-state index is 11.6. The van der Waals surface area contributed by atoms with Crippen molar-refractivity contribution in [3.63, 3.8) is 0 Å². The summed E-state index contributed by atoms with van der Waals surface area (Å²) in [5, 5.41) is 2.68. The normalized spacial score (nSPS) is 13.5. The van der Waals surface area contributed by atoms with E-state index in [1.807, 2.05) is 45.1 Å². The third-order valence-electron chi connectivity index (χ3n) is 2.29. The second kappa shape index (κ2) is 4.72. The van der Waals surface area contributed by atoms with Gasteiger partial charge >= 0.3 is 6.09 Å². The molecule has 1 aliphatic rings. The van der Waals surface area contributed by atoms with Crippen molar-refractivity contribution < 1.29 is 14.3 Å². The molecule has 0 bridgehead atoms. The first-order valence-corrected chi connectivity index (χ1v) is 5.87. The molecule has 1 aliphatic heterocycles. The molecule has 1 N–H and O–H groups in total. The van der Waals surface area contributed by atoms with E-state index in [9.17, 15) is 4.79 Å². The fourth-order valence-electron chi connectivity index (χ4n) is 1.61. The topological polar surface area (TPSA) is 47.6 Å². The summed E-state index contributed by atoms with van der Waals surface area (Å²) in [6.45, 7) is 6.04. The molecular weight excluding hydrogens is 230 g/mol. The zero-order valence-electron chi connectivity index (χ0n) is 10.8. The minimum Gasteiger partial charge on any atom is -0.489 e. The zero-order chi connectivity index (χ0) is 13.2. The van der Waals surface area contributed by atoms with Crippen molar-refractivity contribution in [3.05, 3.63) is 29.8 Å². The van der Waals surface area contributed by atoms with E-state index in [2.05, 4.69) is 5.32 Å². The number of amides is 1. The highest BCUT2D eigenvalue weighted by Crippen LogP contribution is 2.27. The summed E-state index contributed by atoms with van der Waals surface area (Å²) >= 11 is 0. The lowest BCUT2D eigenvalue weighted by atomic mass is 10.1. The number of ether oxygens (including phenoxy) is 2. The van der Waals surface area contributed by atoms with Gasteiger partial charge in [-0.15, -0.1) is 0 Å². The van der Waals surface area contributed by atoms with Crippen LogP contribution in [0.4, 0.5) is 10.5 Å². The average Bonchev–Trinajstić information content (AvgIpc) is 2.26. The Morgan fingerprint density at radius 2 is 2.17 bits per heavy atom. The van der Waals surface area contributed by atoms with Gasteiger partial charge in [-0.1, -0.05) is 6.08 Å². The maximum Gasteiger partial charge on any atom is 0.412 e. The minimum atomic E-state index is -0.502. The molecule has 0 unspecified atom stereocenters. The smallest absolute Gasteiger partial charge is 0.412 e. The number of carbonyl (C=O) groups excluding carboxylic acids is 1. The summed E-state index contributed by atoms with van der Waals surface area (Å²) in [7, 11) is 0. The van der Waals surface area contributed by atoms with Gasteiger partial charge in [0, 0.05) is 17.3 Å². The van der Waals surface area contributed by atoms with Crippen molar-refractivity contribution in [1.29, 1.82) is 0 Å². The lowest BCUT2D eigenvalue weighted by Crippen LogP contribution is -2.27. The fourth-order valence-corrected chi connectivity index (χ4v) is 1.61. The van der Waals surface area contributed by atoms with E-state index in [1.54, 1.807) is 6.07 Å². The monoisotopic (exact) mass is 247 g/mol. The maximum atomic E-state index is 11.6. The highest BCUT2D eigenvalue weighted by atomic mass is 16.6.